The Kier molecular flexibility index (Phi) is 5.82. The van der Waals surface area contributed by atoms with Gasteiger partial charge in [0.15, 0.2) is 5.82 Å². The Morgan fingerprint density at radius 3 is 2.61 bits per heavy atom. The fourth-order valence-electron chi connectivity index (χ4n) is 2.92. The number of benzene rings is 1. The van der Waals surface area contributed by atoms with E-state index in [4.69, 9.17) is 0 Å². The van der Waals surface area contributed by atoms with Crippen LogP contribution in [-0.2, 0) is 16.8 Å². The molecule has 0 saturated heterocycles. The first-order chi connectivity index (χ1) is 13.3. The van der Waals surface area contributed by atoms with Crippen LogP contribution >= 0.6 is 0 Å². The van der Waals surface area contributed by atoms with E-state index in [1.165, 1.54) is 5.56 Å². The van der Waals surface area contributed by atoms with Crippen molar-refractivity contribution in [2.75, 3.05) is 11.9 Å². The average Bonchev–Trinajstić information content (AvgIpc) is 3.10. The normalized spacial score (nSPS) is 16.5. The summed E-state index contributed by atoms with van der Waals surface area (Å²) in [6, 6.07) is 8.53. The van der Waals surface area contributed by atoms with Gasteiger partial charge >= 0.3 is 5.76 Å². The number of carbonyl (C=O) groups is 1. The fourth-order valence-corrected chi connectivity index (χ4v) is 2.92. The van der Waals surface area contributed by atoms with Gasteiger partial charge in [-0.2, -0.15) is 0 Å². The Hall–Kier alpha value is -3.09. The summed E-state index contributed by atoms with van der Waals surface area (Å²) in [5, 5.41) is 9.67. The lowest BCUT2D eigenvalue weighted by Crippen LogP contribution is -2.26. The molecule has 3 N–H and O–H groups in total. The molecule has 2 aromatic rings. The van der Waals surface area contributed by atoms with Crippen molar-refractivity contribution >= 4 is 11.6 Å². The summed E-state index contributed by atoms with van der Waals surface area (Å²) in [4.78, 5) is 25.4. The third kappa shape index (κ3) is 5.22. The second-order valence-corrected chi connectivity index (χ2v) is 7.95. The van der Waals surface area contributed by atoms with Gasteiger partial charge in [-0.1, -0.05) is 56.3 Å². The molecule has 0 fully saturated rings. The van der Waals surface area contributed by atoms with E-state index in [0.29, 0.717) is 17.3 Å². The summed E-state index contributed by atoms with van der Waals surface area (Å²) in [6.07, 6.45) is 6.59. The monoisotopic (exact) mass is 382 g/mol. The van der Waals surface area contributed by atoms with Crippen LogP contribution < -0.4 is 16.4 Å². The molecule has 1 amide bonds. The number of allylic oxidation sites excluding steroid dienone is 1. The number of amides is 1. The molecule has 1 unspecified atom stereocenters. The highest BCUT2D eigenvalue weighted by molar-refractivity contribution is 5.96. The number of H-pyrrole nitrogens is 1. The Balaban J connectivity index is 1.45. The van der Waals surface area contributed by atoms with Gasteiger partial charge in [-0.15, -0.1) is 0 Å². The molecular formula is C21H26N4O3. The van der Waals surface area contributed by atoms with Crippen molar-refractivity contribution < 1.29 is 9.32 Å². The summed E-state index contributed by atoms with van der Waals surface area (Å²) in [5.74, 6) is -0.224. The maximum Gasteiger partial charge on any atom is 0.438 e. The standard InChI is InChI=1S/C21H26N4O3/c1-21(2,3)16-8-10-17(11-9-16)22-12-14-4-6-15(7-5-14)19(26)23-13-18-24-20(27)28-25-18/h4,6-11,14,22H,5,12-13H2,1-3H3,(H,23,26)(H,24,25,27). The SMILES string of the molecule is CC(C)(C)c1ccc(NCC2C=CC(C(=O)NCc3noc(=O)[nH]3)=CC2)cc1. The minimum Gasteiger partial charge on any atom is -0.384 e. The van der Waals surface area contributed by atoms with Crippen LogP contribution in [0.15, 0.2) is 57.4 Å². The van der Waals surface area contributed by atoms with Crippen LogP contribution in [0.3, 0.4) is 0 Å². The molecular weight excluding hydrogens is 356 g/mol. The third-order valence-corrected chi connectivity index (χ3v) is 4.67. The van der Waals surface area contributed by atoms with E-state index in [0.717, 1.165) is 18.7 Å². The molecule has 1 aliphatic carbocycles. The molecule has 1 aromatic carbocycles. The minimum absolute atomic E-state index is 0.116. The van der Waals surface area contributed by atoms with Crippen LogP contribution in [0, 0.1) is 5.92 Å². The van der Waals surface area contributed by atoms with Gasteiger partial charge in [0.2, 0.25) is 0 Å². The van der Waals surface area contributed by atoms with E-state index in [-0.39, 0.29) is 17.9 Å². The van der Waals surface area contributed by atoms with Crippen LogP contribution in [0.25, 0.3) is 0 Å². The van der Waals surface area contributed by atoms with Gasteiger partial charge in [-0.05, 0) is 35.4 Å². The van der Waals surface area contributed by atoms with Gasteiger partial charge < -0.3 is 10.6 Å². The summed E-state index contributed by atoms with van der Waals surface area (Å²) >= 11 is 0. The van der Waals surface area contributed by atoms with Gasteiger partial charge in [0.1, 0.15) is 0 Å². The third-order valence-electron chi connectivity index (χ3n) is 4.67. The molecule has 0 radical (unpaired) electrons. The van der Waals surface area contributed by atoms with Crippen LogP contribution in [0.5, 0.6) is 0 Å². The number of nitrogens with zero attached hydrogens (tertiary/aromatic N) is 1. The van der Waals surface area contributed by atoms with E-state index in [9.17, 15) is 9.59 Å². The zero-order valence-electron chi connectivity index (χ0n) is 16.4. The molecule has 1 heterocycles. The number of hydrogen-bond donors (Lipinski definition) is 3. The number of hydrogen-bond acceptors (Lipinski definition) is 5. The lowest BCUT2D eigenvalue weighted by Gasteiger charge is -2.20. The smallest absolute Gasteiger partial charge is 0.384 e. The maximum atomic E-state index is 12.2. The second kappa shape index (κ2) is 8.29. The highest BCUT2D eigenvalue weighted by Crippen LogP contribution is 2.24. The molecule has 1 aromatic heterocycles. The number of aromatic amines is 1. The minimum atomic E-state index is -0.635. The fraction of sp³-hybridized carbons (Fsp3) is 0.381. The molecule has 0 aliphatic heterocycles. The molecule has 7 heteroatoms. The van der Waals surface area contributed by atoms with Gasteiger partial charge in [0, 0.05) is 17.8 Å². The van der Waals surface area contributed by atoms with Gasteiger partial charge in [0.05, 0.1) is 6.54 Å². The molecule has 3 rings (SSSR count). The largest absolute Gasteiger partial charge is 0.438 e. The number of rotatable bonds is 6. The molecule has 1 aliphatic rings. The molecule has 148 valence electrons. The van der Waals surface area contributed by atoms with Gasteiger partial charge in [0.25, 0.3) is 5.91 Å². The molecule has 0 bridgehead atoms. The summed E-state index contributed by atoms with van der Waals surface area (Å²) < 4.78 is 4.39. The predicted octanol–water partition coefficient (Wildman–Crippen LogP) is 2.89. The highest BCUT2D eigenvalue weighted by Gasteiger charge is 2.15. The Labute approximate surface area is 163 Å². The molecule has 28 heavy (non-hydrogen) atoms. The average molecular weight is 382 g/mol. The summed E-state index contributed by atoms with van der Waals surface area (Å²) in [6.45, 7) is 7.52. The van der Waals surface area contributed by atoms with Gasteiger partial charge in [-0.25, -0.2) is 4.79 Å². The molecule has 0 saturated carbocycles. The number of carbonyl (C=O) groups excluding carboxylic acids is 1. The Morgan fingerprint density at radius 2 is 2.04 bits per heavy atom. The first kappa shape index (κ1) is 19.7. The summed E-state index contributed by atoms with van der Waals surface area (Å²) in [7, 11) is 0. The van der Waals surface area contributed by atoms with Crippen molar-refractivity contribution in [1.82, 2.24) is 15.5 Å². The van der Waals surface area contributed by atoms with Crippen LogP contribution in [0.4, 0.5) is 5.69 Å². The van der Waals surface area contributed by atoms with Crippen LogP contribution in [0.1, 0.15) is 38.6 Å². The van der Waals surface area contributed by atoms with E-state index in [2.05, 4.69) is 70.3 Å². The second-order valence-electron chi connectivity index (χ2n) is 7.95. The zero-order valence-corrected chi connectivity index (χ0v) is 16.4. The zero-order chi connectivity index (χ0) is 20.1. The van der Waals surface area contributed by atoms with Crippen molar-refractivity contribution in [2.45, 2.75) is 39.2 Å². The lowest BCUT2D eigenvalue weighted by atomic mass is 9.87. The van der Waals surface area contributed by atoms with Crippen molar-refractivity contribution in [1.29, 1.82) is 0 Å². The quantitative estimate of drug-likeness (QED) is 0.713. The highest BCUT2D eigenvalue weighted by atomic mass is 16.5. The maximum absolute atomic E-state index is 12.2. The van der Waals surface area contributed by atoms with E-state index >= 15 is 0 Å². The topological polar surface area (TPSA) is 100 Å². The van der Waals surface area contributed by atoms with Crippen molar-refractivity contribution in [3.8, 4) is 0 Å². The Bertz CT molecular complexity index is 930. The predicted molar refractivity (Wildman–Crippen MR) is 108 cm³/mol. The first-order valence-electron chi connectivity index (χ1n) is 9.37. The molecule has 7 nitrogen and oxygen atoms in total. The Morgan fingerprint density at radius 1 is 1.29 bits per heavy atom. The van der Waals surface area contributed by atoms with Crippen molar-refractivity contribution in [3.63, 3.8) is 0 Å². The summed E-state index contributed by atoms with van der Waals surface area (Å²) in [5.41, 5.74) is 3.16. The lowest BCUT2D eigenvalue weighted by molar-refractivity contribution is -0.117. The van der Waals surface area contributed by atoms with Crippen LogP contribution in [0.2, 0.25) is 0 Å². The van der Waals surface area contributed by atoms with Gasteiger partial charge in [-0.3, -0.25) is 14.3 Å². The molecule has 1 atom stereocenters. The molecule has 0 spiro atoms. The van der Waals surface area contributed by atoms with E-state index in [1.807, 2.05) is 18.2 Å². The van der Waals surface area contributed by atoms with Crippen LogP contribution in [-0.4, -0.2) is 22.6 Å². The number of anilines is 1. The number of aromatic nitrogens is 2. The van der Waals surface area contributed by atoms with Crippen molar-refractivity contribution in [3.05, 3.63) is 70.0 Å². The van der Waals surface area contributed by atoms with E-state index < -0.39 is 5.76 Å². The number of nitrogens with one attached hydrogen (secondary N) is 3. The van der Waals surface area contributed by atoms with E-state index in [1.54, 1.807) is 0 Å². The van der Waals surface area contributed by atoms with Crippen molar-refractivity contribution in [2.24, 2.45) is 5.92 Å². The first-order valence-corrected chi connectivity index (χ1v) is 9.37.